The lowest BCUT2D eigenvalue weighted by Crippen LogP contribution is -2.12. The molecular formula is C12H20N2O2S. The van der Waals surface area contributed by atoms with Crippen molar-refractivity contribution in [3.63, 3.8) is 0 Å². The van der Waals surface area contributed by atoms with Crippen LogP contribution in [0.4, 0.5) is 0 Å². The van der Waals surface area contributed by atoms with Crippen molar-refractivity contribution in [2.75, 3.05) is 0 Å². The minimum Gasteiger partial charge on any atom is -0.494 e. The van der Waals surface area contributed by atoms with Crippen LogP contribution in [0.3, 0.4) is 0 Å². The van der Waals surface area contributed by atoms with Crippen molar-refractivity contribution < 1.29 is 5.11 Å². The largest absolute Gasteiger partial charge is 0.494 e. The number of aromatic nitrogens is 2. The average Bonchev–Trinajstić information content (AvgIpc) is 2.26. The summed E-state index contributed by atoms with van der Waals surface area (Å²) in [5, 5.41) is 9.59. The highest BCUT2D eigenvalue weighted by Gasteiger charge is 2.01. The van der Waals surface area contributed by atoms with E-state index >= 15 is 0 Å². The van der Waals surface area contributed by atoms with Gasteiger partial charge in [-0.05, 0) is 18.6 Å². The molecule has 2 N–H and O–H groups in total. The minimum atomic E-state index is -0.355. The second-order valence-electron chi connectivity index (χ2n) is 4.22. The first-order valence-corrected chi connectivity index (χ1v) is 6.59. The molecule has 17 heavy (non-hydrogen) atoms. The highest BCUT2D eigenvalue weighted by molar-refractivity contribution is 7.71. The van der Waals surface area contributed by atoms with Gasteiger partial charge in [-0.2, -0.15) is 0 Å². The van der Waals surface area contributed by atoms with Crippen molar-refractivity contribution in [3.8, 4) is 5.88 Å². The number of hydrogen-bond acceptors (Lipinski definition) is 3. The molecule has 0 bridgehead atoms. The molecule has 0 aromatic carbocycles. The van der Waals surface area contributed by atoms with Crippen molar-refractivity contribution in [1.82, 2.24) is 9.55 Å². The summed E-state index contributed by atoms with van der Waals surface area (Å²) in [5.74, 6) is -0.0488. The first kappa shape index (κ1) is 14.0. The molecule has 0 spiro atoms. The van der Waals surface area contributed by atoms with Gasteiger partial charge in [-0.1, -0.05) is 39.0 Å². The molecule has 0 aliphatic heterocycles. The van der Waals surface area contributed by atoms with Crippen LogP contribution >= 0.6 is 12.2 Å². The Labute approximate surface area is 106 Å². The Hall–Kier alpha value is -1.10. The lowest BCUT2D eigenvalue weighted by atomic mass is 10.1. The van der Waals surface area contributed by atoms with E-state index in [0.717, 1.165) is 18.9 Å². The second-order valence-corrected chi connectivity index (χ2v) is 4.60. The molecule has 0 radical (unpaired) electrons. The Morgan fingerprint density at radius 2 is 1.94 bits per heavy atom. The Balaban J connectivity index is 2.42. The van der Waals surface area contributed by atoms with Crippen LogP contribution in [0.15, 0.2) is 10.9 Å². The highest BCUT2D eigenvalue weighted by atomic mass is 32.1. The van der Waals surface area contributed by atoms with Crippen molar-refractivity contribution in [3.05, 3.63) is 21.2 Å². The van der Waals surface area contributed by atoms with Crippen LogP contribution in [0.1, 0.15) is 45.4 Å². The fraction of sp³-hybridized carbons (Fsp3) is 0.667. The summed E-state index contributed by atoms with van der Waals surface area (Å²) >= 11 is 4.99. The zero-order valence-corrected chi connectivity index (χ0v) is 11.1. The highest BCUT2D eigenvalue weighted by Crippen LogP contribution is 2.10. The molecule has 1 aromatic rings. The molecule has 0 atom stereocenters. The van der Waals surface area contributed by atoms with Gasteiger partial charge >= 0.3 is 0 Å². The molecule has 0 saturated carbocycles. The lowest BCUT2D eigenvalue weighted by molar-refractivity contribution is 0.396. The summed E-state index contributed by atoms with van der Waals surface area (Å²) in [7, 11) is 0. The van der Waals surface area contributed by atoms with Crippen LogP contribution in [0.25, 0.3) is 0 Å². The second kappa shape index (κ2) is 7.27. The van der Waals surface area contributed by atoms with Crippen molar-refractivity contribution in [1.29, 1.82) is 0 Å². The van der Waals surface area contributed by atoms with Gasteiger partial charge in [-0.3, -0.25) is 14.3 Å². The zero-order chi connectivity index (χ0) is 12.7. The Morgan fingerprint density at radius 1 is 1.29 bits per heavy atom. The van der Waals surface area contributed by atoms with Crippen molar-refractivity contribution in [2.24, 2.45) is 0 Å². The molecule has 96 valence electrons. The number of unbranched alkanes of at least 4 members (excludes halogenated alkanes) is 5. The van der Waals surface area contributed by atoms with E-state index in [1.54, 1.807) is 4.57 Å². The maximum absolute atomic E-state index is 11.0. The molecule has 4 nitrogen and oxygen atoms in total. The van der Waals surface area contributed by atoms with Crippen LogP contribution < -0.4 is 5.56 Å². The summed E-state index contributed by atoms with van der Waals surface area (Å²) in [4.78, 5) is 13.5. The predicted molar refractivity (Wildman–Crippen MR) is 70.9 cm³/mol. The predicted octanol–water partition coefficient (Wildman–Crippen LogP) is 2.97. The average molecular weight is 256 g/mol. The Morgan fingerprint density at radius 3 is 2.59 bits per heavy atom. The number of aromatic amines is 1. The van der Waals surface area contributed by atoms with Gasteiger partial charge in [-0.25, -0.2) is 0 Å². The molecule has 5 heteroatoms. The zero-order valence-electron chi connectivity index (χ0n) is 10.2. The topological polar surface area (TPSA) is 58.0 Å². The van der Waals surface area contributed by atoms with E-state index in [-0.39, 0.29) is 11.4 Å². The normalized spacial score (nSPS) is 10.6. The van der Waals surface area contributed by atoms with E-state index in [9.17, 15) is 9.90 Å². The molecule has 0 aliphatic rings. The smallest absolute Gasteiger partial charge is 0.255 e. The fourth-order valence-electron chi connectivity index (χ4n) is 1.77. The van der Waals surface area contributed by atoms with Gasteiger partial charge in [0.05, 0.1) is 6.07 Å². The molecule has 0 aliphatic carbocycles. The Kier molecular flexibility index (Phi) is 5.97. The van der Waals surface area contributed by atoms with Gasteiger partial charge in [-0.15, -0.1) is 0 Å². The number of aromatic hydroxyl groups is 1. The third kappa shape index (κ3) is 4.73. The third-order valence-corrected chi connectivity index (χ3v) is 3.07. The maximum atomic E-state index is 11.0. The number of H-pyrrole nitrogens is 1. The van der Waals surface area contributed by atoms with E-state index < -0.39 is 0 Å². The van der Waals surface area contributed by atoms with E-state index in [1.807, 2.05) is 0 Å². The third-order valence-electron chi connectivity index (χ3n) is 2.75. The molecule has 1 rings (SSSR count). The fourth-order valence-corrected chi connectivity index (χ4v) is 2.06. The summed E-state index contributed by atoms with van der Waals surface area (Å²) in [6, 6.07) is 1.16. The summed E-state index contributed by atoms with van der Waals surface area (Å²) < 4.78 is 1.86. The van der Waals surface area contributed by atoms with Crippen molar-refractivity contribution >= 4 is 12.2 Å². The standard InChI is InChI=1S/C12H20N2O2S/c1-2-3-4-5-6-7-8-14-11(16)9-10(15)13-12(14)17/h9,16H,2-8H2,1H3,(H,13,15,17). The van der Waals surface area contributed by atoms with Crippen molar-refractivity contribution in [2.45, 2.75) is 52.0 Å². The van der Waals surface area contributed by atoms with E-state index in [4.69, 9.17) is 12.2 Å². The Bertz CT molecular complexity index is 451. The van der Waals surface area contributed by atoms with Crippen LogP contribution in [0, 0.1) is 4.77 Å². The summed E-state index contributed by atoms with van der Waals surface area (Å²) in [6.45, 7) is 2.85. The van der Waals surface area contributed by atoms with Gasteiger partial charge in [0, 0.05) is 6.54 Å². The first-order chi connectivity index (χ1) is 8.15. The van der Waals surface area contributed by atoms with Gasteiger partial charge in [0.25, 0.3) is 5.56 Å². The number of nitrogens with one attached hydrogen (secondary N) is 1. The SMILES string of the molecule is CCCCCCCCn1c(O)cc(=O)[nH]c1=S. The quantitative estimate of drug-likeness (QED) is 0.582. The monoisotopic (exact) mass is 256 g/mol. The van der Waals surface area contributed by atoms with Gasteiger partial charge in [0.2, 0.25) is 0 Å². The molecule has 0 fully saturated rings. The van der Waals surface area contributed by atoms with Crippen LogP contribution in [-0.4, -0.2) is 14.7 Å². The number of rotatable bonds is 7. The molecule has 1 heterocycles. The molecule has 0 saturated heterocycles. The van der Waals surface area contributed by atoms with E-state index in [2.05, 4.69) is 11.9 Å². The number of nitrogens with zero attached hydrogens (tertiary/aromatic N) is 1. The maximum Gasteiger partial charge on any atom is 0.255 e. The summed E-state index contributed by atoms with van der Waals surface area (Å²) in [6.07, 6.45) is 7.10. The van der Waals surface area contributed by atoms with Gasteiger partial charge < -0.3 is 5.11 Å². The van der Waals surface area contributed by atoms with E-state index in [1.165, 1.54) is 25.7 Å². The lowest BCUT2D eigenvalue weighted by Gasteiger charge is -2.08. The van der Waals surface area contributed by atoms with Gasteiger partial charge in [0.15, 0.2) is 10.7 Å². The molecule has 0 amide bonds. The molecule has 1 aromatic heterocycles. The molecular weight excluding hydrogens is 236 g/mol. The van der Waals surface area contributed by atoms with Crippen LogP contribution in [0.5, 0.6) is 5.88 Å². The first-order valence-electron chi connectivity index (χ1n) is 6.18. The minimum absolute atomic E-state index is 0.0488. The molecule has 0 unspecified atom stereocenters. The van der Waals surface area contributed by atoms with Crippen LogP contribution in [0.2, 0.25) is 0 Å². The number of hydrogen-bond donors (Lipinski definition) is 2. The van der Waals surface area contributed by atoms with Gasteiger partial charge in [0.1, 0.15) is 0 Å². The summed E-state index contributed by atoms with van der Waals surface area (Å²) in [5.41, 5.74) is -0.355. The van der Waals surface area contributed by atoms with Crippen LogP contribution in [-0.2, 0) is 6.54 Å². The van der Waals surface area contributed by atoms with E-state index in [0.29, 0.717) is 11.3 Å².